The van der Waals surface area contributed by atoms with Crippen molar-refractivity contribution in [3.63, 3.8) is 0 Å². The lowest BCUT2D eigenvalue weighted by Crippen LogP contribution is -2.13. The Morgan fingerprint density at radius 1 is 1.36 bits per heavy atom. The maximum Gasteiger partial charge on any atom is 0.0799 e. The highest BCUT2D eigenvalue weighted by Gasteiger charge is 2.12. The first-order valence-corrected chi connectivity index (χ1v) is 5.27. The van der Waals surface area contributed by atoms with Crippen LogP contribution in [0.5, 0.6) is 0 Å². The van der Waals surface area contributed by atoms with Crippen LogP contribution in [0, 0.1) is 6.92 Å². The predicted molar refractivity (Wildman–Crippen MR) is 57.1 cm³/mol. The van der Waals surface area contributed by atoms with Gasteiger partial charge in [-0.15, -0.1) is 0 Å². The Kier molecular flexibility index (Phi) is 2.56. The van der Waals surface area contributed by atoms with Gasteiger partial charge in [-0.05, 0) is 28.8 Å². The number of nitrogens with zero attached hydrogens (tertiary/aromatic N) is 2. The fraction of sp³-hybridized carbons (Fsp3) is 0.200. The van der Waals surface area contributed by atoms with E-state index in [0.29, 0.717) is 0 Å². The quantitative estimate of drug-likeness (QED) is 0.814. The molecule has 0 fully saturated rings. The van der Waals surface area contributed by atoms with Gasteiger partial charge in [-0.25, -0.2) is 0 Å². The number of aromatic nitrogens is 2. The molecule has 2 aromatic rings. The Bertz CT molecular complexity index is 410. The number of aryl methyl sites for hydroxylation is 1. The van der Waals surface area contributed by atoms with Gasteiger partial charge in [0, 0.05) is 12.4 Å². The highest BCUT2D eigenvalue weighted by atomic mass is 32.1. The van der Waals surface area contributed by atoms with E-state index in [-0.39, 0.29) is 6.04 Å². The van der Waals surface area contributed by atoms with Gasteiger partial charge in [0.25, 0.3) is 0 Å². The van der Waals surface area contributed by atoms with Gasteiger partial charge in [0.2, 0.25) is 0 Å². The number of nitrogens with two attached hydrogens (primary N) is 1. The molecule has 1 atom stereocenters. The zero-order chi connectivity index (χ0) is 9.97. The van der Waals surface area contributed by atoms with E-state index in [9.17, 15) is 0 Å². The van der Waals surface area contributed by atoms with Crippen molar-refractivity contribution in [1.29, 1.82) is 0 Å². The Balaban J connectivity index is 2.34. The third kappa shape index (κ3) is 1.66. The zero-order valence-corrected chi connectivity index (χ0v) is 8.66. The third-order valence-corrected chi connectivity index (χ3v) is 3.01. The van der Waals surface area contributed by atoms with Crippen LogP contribution in [0.1, 0.15) is 22.9 Å². The van der Waals surface area contributed by atoms with Crippen LogP contribution in [0.15, 0.2) is 29.4 Å². The van der Waals surface area contributed by atoms with Gasteiger partial charge in [-0.3, -0.25) is 9.97 Å². The average Bonchev–Trinajstić information content (AvgIpc) is 2.65. The smallest absolute Gasteiger partial charge is 0.0799 e. The van der Waals surface area contributed by atoms with Crippen LogP contribution in [0.3, 0.4) is 0 Å². The SMILES string of the molecule is Cc1cscc1C(N)c1cnccn1. The second kappa shape index (κ2) is 3.86. The van der Waals surface area contributed by atoms with Gasteiger partial charge in [-0.1, -0.05) is 0 Å². The number of hydrogen-bond acceptors (Lipinski definition) is 4. The van der Waals surface area contributed by atoms with Gasteiger partial charge in [-0.2, -0.15) is 11.3 Å². The normalized spacial score (nSPS) is 12.7. The second-order valence-corrected chi connectivity index (χ2v) is 3.86. The van der Waals surface area contributed by atoms with Crippen molar-refractivity contribution in [2.75, 3.05) is 0 Å². The highest BCUT2D eigenvalue weighted by Crippen LogP contribution is 2.23. The first-order chi connectivity index (χ1) is 6.79. The third-order valence-electron chi connectivity index (χ3n) is 2.13. The molecule has 0 aliphatic heterocycles. The molecule has 0 aliphatic carbocycles. The van der Waals surface area contributed by atoms with Crippen LogP contribution < -0.4 is 5.73 Å². The van der Waals surface area contributed by atoms with Gasteiger partial charge >= 0.3 is 0 Å². The van der Waals surface area contributed by atoms with Crippen LogP contribution in [0.4, 0.5) is 0 Å². The standard InChI is InChI=1S/C10H11N3S/c1-7-5-14-6-8(7)10(11)9-4-12-2-3-13-9/h2-6,10H,11H2,1H3. The van der Waals surface area contributed by atoms with Crippen LogP contribution in [-0.4, -0.2) is 9.97 Å². The molecule has 2 heterocycles. The molecule has 0 aromatic carbocycles. The number of thiophene rings is 1. The summed E-state index contributed by atoms with van der Waals surface area (Å²) in [6.45, 7) is 2.06. The fourth-order valence-electron chi connectivity index (χ4n) is 1.32. The average molecular weight is 205 g/mol. The summed E-state index contributed by atoms with van der Waals surface area (Å²) >= 11 is 1.66. The zero-order valence-electron chi connectivity index (χ0n) is 7.84. The van der Waals surface area contributed by atoms with Crippen molar-refractivity contribution in [1.82, 2.24) is 9.97 Å². The Morgan fingerprint density at radius 2 is 2.21 bits per heavy atom. The second-order valence-electron chi connectivity index (χ2n) is 3.12. The van der Waals surface area contributed by atoms with Crippen molar-refractivity contribution in [2.24, 2.45) is 5.73 Å². The summed E-state index contributed by atoms with van der Waals surface area (Å²) in [4.78, 5) is 8.20. The monoisotopic (exact) mass is 205 g/mol. The minimum absolute atomic E-state index is 0.157. The maximum absolute atomic E-state index is 6.07. The molecule has 0 amide bonds. The molecule has 0 saturated carbocycles. The summed E-state index contributed by atoms with van der Waals surface area (Å²) in [5.41, 5.74) is 9.23. The Labute approximate surface area is 86.6 Å². The molecule has 0 bridgehead atoms. The summed E-state index contributed by atoms with van der Waals surface area (Å²) in [5.74, 6) is 0. The van der Waals surface area contributed by atoms with E-state index >= 15 is 0 Å². The molecule has 2 aromatic heterocycles. The molecule has 4 heteroatoms. The molecule has 0 aliphatic rings. The van der Waals surface area contributed by atoms with Crippen LogP contribution in [0.2, 0.25) is 0 Å². The number of hydrogen-bond donors (Lipinski definition) is 1. The minimum atomic E-state index is -0.157. The highest BCUT2D eigenvalue weighted by molar-refractivity contribution is 7.08. The van der Waals surface area contributed by atoms with Crippen LogP contribution in [-0.2, 0) is 0 Å². The molecule has 0 spiro atoms. The van der Waals surface area contributed by atoms with Crippen molar-refractivity contribution >= 4 is 11.3 Å². The molecular weight excluding hydrogens is 194 g/mol. The number of rotatable bonds is 2. The largest absolute Gasteiger partial charge is 0.319 e. The summed E-state index contributed by atoms with van der Waals surface area (Å²) in [5, 5.41) is 4.15. The predicted octanol–water partition coefficient (Wildman–Crippen LogP) is 1.89. The minimum Gasteiger partial charge on any atom is -0.319 e. The van der Waals surface area contributed by atoms with E-state index in [1.165, 1.54) is 5.56 Å². The molecule has 3 nitrogen and oxygen atoms in total. The maximum atomic E-state index is 6.07. The van der Waals surface area contributed by atoms with E-state index < -0.39 is 0 Å². The molecule has 2 rings (SSSR count). The fourth-order valence-corrected chi connectivity index (χ4v) is 2.21. The van der Waals surface area contributed by atoms with Crippen molar-refractivity contribution in [2.45, 2.75) is 13.0 Å². The van der Waals surface area contributed by atoms with Crippen LogP contribution >= 0.6 is 11.3 Å². The van der Waals surface area contributed by atoms with Crippen molar-refractivity contribution < 1.29 is 0 Å². The molecule has 1 unspecified atom stereocenters. The van der Waals surface area contributed by atoms with E-state index in [1.807, 2.05) is 0 Å². The van der Waals surface area contributed by atoms with E-state index in [4.69, 9.17) is 5.73 Å². The van der Waals surface area contributed by atoms with Gasteiger partial charge in [0.05, 0.1) is 17.9 Å². The topological polar surface area (TPSA) is 51.8 Å². The lowest BCUT2D eigenvalue weighted by Gasteiger charge is -2.09. The lowest BCUT2D eigenvalue weighted by atomic mass is 10.1. The van der Waals surface area contributed by atoms with Crippen molar-refractivity contribution in [3.05, 3.63) is 46.2 Å². The summed E-state index contributed by atoms with van der Waals surface area (Å²) < 4.78 is 0. The van der Waals surface area contributed by atoms with Crippen molar-refractivity contribution in [3.8, 4) is 0 Å². The molecule has 14 heavy (non-hydrogen) atoms. The first kappa shape index (κ1) is 9.30. The Hall–Kier alpha value is -1.26. The van der Waals surface area contributed by atoms with E-state index in [0.717, 1.165) is 11.3 Å². The van der Waals surface area contributed by atoms with E-state index in [1.54, 1.807) is 29.9 Å². The molecule has 0 saturated heterocycles. The van der Waals surface area contributed by atoms with E-state index in [2.05, 4.69) is 27.7 Å². The summed E-state index contributed by atoms with van der Waals surface area (Å²) in [6.07, 6.45) is 5.02. The van der Waals surface area contributed by atoms with Crippen LogP contribution in [0.25, 0.3) is 0 Å². The van der Waals surface area contributed by atoms with Gasteiger partial charge in [0.1, 0.15) is 0 Å². The molecule has 2 N–H and O–H groups in total. The lowest BCUT2D eigenvalue weighted by molar-refractivity contribution is 0.815. The Morgan fingerprint density at radius 3 is 2.79 bits per heavy atom. The van der Waals surface area contributed by atoms with Gasteiger partial charge in [0.15, 0.2) is 0 Å². The van der Waals surface area contributed by atoms with Gasteiger partial charge < -0.3 is 5.73 Å². The molecule has 0 radical (unpaired) electrons. The summed E-state index contributed by atoms with van der Waals surface area (Å²) in [7, 11) is 0. The molecule has 72 valence electrons. The molecular formula is C10H11N3S. The summed E-state index contributed by atoms with van der Waals surface area (Å²) in [6, 6.07) is -0.157. The first-order valence-electron chi connectivity index (χ1n) is 4.33.